The maximum atomic E-state index is 12.8. The van der Waals surface area contributed by atoms with E-state index < -0.39 is 0 Å². The number of carbonyl (C=O) groups excluding carboxylic acids is 1. The van der Waals surface area contributed by atoms with Gasteiger partial charge < -0.3 is 20.1 Å². The number of benzene rings is 2. The third-order valence-electron chi connectivity index (χ3n) is 4.60. The van der Waals surface area contributed by atoms with Crippen molar-refractivity contribution in [2.45, 2.75) is 20.8 Å². The van der Waals surface area contributed by atoms with Gasteiger partial charge in [-0.2, -0.15) is 0 Å². The zero-order valence-electron chi connectivity index (χ0n) is 17.3. The van der Waals surface area contributed by atoms with E-state index in [1.54, 1.807) is 38.6 Å². The van der Waals surface area contributed by atoms with Crippen molar-refractivity contribution in [1.29, 1.82) is 0 Å². The van der Waals surface area contributed by atoms with Gasteiger partial charge in [0.25, 0.3) is 5.91 Å². The van der Waals surface area contributed by atoms with Crippen LogP contribution in [0.4, 0.5) is 17.1 Å². The molecule has 2 N–H and O–H groups in total. The van der Waals surface area contributed by atoms with Gasteiger partial charge in [-0.15, -0.1) is 0 Å². The van der Waals surface area contributed by atoms with Crippen LogP contribution in [0.3, 0.4) is 0 Å². The Labute approximate surface area is 170 Å². The van der Waals surface area contributed by atoms with E-state index in [-0.39, 0.29) is 5.91 Å². The van der Waals surface area contributed by atoms with Gasteiger partial charge in [0.1, 0.15) is 17.2 Å². The van der Waals surface area contributed by atoms with E-state index in [1.807, 2.05) is 45.0 Å². The predicted molar refractivity (Wildman–Crippen MR) is 116 cm³/mol. The molecule has 0 aliphatic rings. The summed E-state index contributed by atoms with van der Waals surface area (Å²) in [5, 5.41) is 6.24. The molecule has 29 heavy (non-hydrogen) atoms. The molecule has 0 radical (unpaired) electrons. The highest BCUT2D eigenvalue weighted by atomic mass is 16.5. The standard InChI is InChI=1S/C23H25N3O3/c1-14-10-15(2)22(16(3)11-14)26-23(27)20-12-17(8-9-24-20)25-19-7-6-18(28-4)13-21(19)29-5/h6-13H,1-5H3,(H,24,25)(H,26,27). The first kappa shape index (κ1) is 20.2. The Kier molecular flexibility index (Phi) is 6.02. The lowest BCUT2D eigenvalue weighted by molar-refractivity contribution is 0.102. The van der Waals surface area contributed by atoms with Crippen LogP contribution in [-0.2, 0) is 0 Å². The highest BCUT2D eigenvalue weighted by molar-refractivity contribution is 6.04. The number of amides is 1. The third-order valence-corrected chi connectivity index (χ3v) is 4.60. The van der Waals surface area contributed by atoms with Crippen molar-refractivity contribution < 1.29 is 14.3 Å². The number of hydrogen-bond acceptors (Lipinski definition) is 5. The summed E-state index contributed by atoms with van der Waals surface area (Å²) in [6, 6.07) is 13.1. The molecule has 2 aromatic carbocycles. The SMILES string of the molecule is COc1ccc(Nc2ccnc(C(=O)Nc3c(C)cc(C)cc3C)c2)c(OC)c1. The first-order chi connectivity index (χ1) is 13.9. The van der Waals surface area contributed by atoms with Crippen LogP contribution in [0, 0.1) is 20.8 Å². The van der Waals surface area contributed by atoms with Crippen LogP contribution in [0.25, 0.3) is 0 Å². The average molecular weight is 391 g/mol. The summed E-state index contributed by atoms with van der Waals surface area (Å²) in [6.45, 7) is 6.00. The molecule has 0 saturated carbocycles. The molecule has 0 unspecified atom stereocenters. The molecule has 0 fully saturated rings. The fourth-order valence-electron chi connectivity index (χ4n) is 3.24. The van der Waals surface area contributed by atoms with Crippen molar-refractivity contribution in [3.63, 3.8) is 0 Å². The highest BCUT2D eigenvalue weighted by Crippen LogP contribution is 2.31. The van der Waals surface area contributed by atoms with Crippen molar-refractivity contribution in [2.75, 3.05) is 24.9 Å². The summed E-state index contributed by atoms with van der Waals surface area (Å²) in [4.78, 5) is 17.0. The number of hydrogen-bond donors (Lipinski definition) is 2. The van der Waals surface area contributed by atoms with Gasteiger partial charge in [0.2, 0.25) is 0 Å². The molecule has 0 bridgehead atoms. The van der Waals surface area contributed by atoms with Crippen LogP contribution in [0.1, 0.15) is 27.2 Å². The number of rotatable bonds is 6. The minimum Gasteiger partial charge on any atom is -0.497 e. The number of nitrogens with one attached hydrogen (secondary N) is 2. The fourth-order valence-corrected chi connectivity index (χ4v) is 3.24. The summed E-state index contributed by atoms with van der Waals surface area (Å²) < 4.78 is 10.6. The topological polar surface area (TPSA) is 72.5 Å². The van der Waals surface area contributed by atoms with Crippen molar-refractivity contribution in [3.8, 4) is 11.5 Å². The number of aryl methyl sites for hydroxylation is 3. The Hall–Kier alpha value is -3.54. The van der Waals surface area contributed by atoms with Gasteiger partial charge >= 0.3 is 0 Å². The molecule has 6 nitrogen and oxygen atoms in total. The number of methoxy groups -OCH3 is 2. The van der Waals surface area contributed by atoms with Gasteiger partial charge in [-0.3, -0.25) is 9.78 Å². The molecule has 0 aliphatic carbocycles. The first-order valence-corrected chi connectivity index (χ1v) is 9.25. The lowest BCUT2D eigenvalue weighted by Gasteiger charge is -2.14. The van der Waals surface area contributed by atoms with Gasteiger partial charge in [0.15, 0.2) is 0 Å². The number of ether oxygens (including phenoxy) is 2. The number of pyridine rings is 1. The molecule has 1 aromatic heterocycles. The summed E-state index contributed by atoms with van der Waals surface area (Å²) in [5.74, 6) is 1.08. The number of nitrogens with zero attached hydrogens (tertiary/aromatic N) is 1. The molecule has 150 valence electrons. The second kappa shape index (κ2) is 8.65. The largest absolute Gasteiger partial charge is 0.497 e. The minimum atomic E-state index is -0.259. The van der Waals surface area contributed by atoms with E-state index in [1.165, 1.54) is 0 Å². The zero-order chi connectivity index (χ0) is 21.0. The normalized spacial score (nSPS) is 10.4. The van der Waals surface area contributed by atoms with E-state index in [0.29, 0.717) is 17.2 Å². The van der Waals surface area contributed by atoms with Crippen LogP contribution in [0.5, 0.6) is 11.5 Å². The maximum absolute atomic E-state index is 12.8. The van der Waals surface area contributed by atoms with Gasteiger partial charge in [-0.05, 0) is 56.2 Å². The zero-order valence-corrected chi connectivity index (χ0v) is 17.3. The quantitative estimate of drug-likeness (QED) is 0.617. The Balaban J connectivity index is 1.82. The molecule has 3 rings (SSSR count). The molecule has 6 heteroatoms. The molecule has 0 saturated heterocycles. The fraction of sp³-hybridized carbons (Fsp3) is 0.217. The molecule has 1 amide bonds. The number of anilines is 3. The Morgan fingerprint density at radius 3 is 2.31 bits per heavy atom. The molecule has 0 atom stereocenters. The molecular weight excluding hydrogens is 366 g/mol. The molecule has 0 aliphatic heterocycles. The van der Waals surface area contributed by atoms with Crippen molar-refractivity contribution in [2.24, 2.45) is 0 Å². The Morgan fingerprint density at radius 2 is 1.66 bits per heavy atom. The lowest BCUT2D eigenvalue weighted by atomic mass is 10.0. The second-order valence-corrected chi connectivity index (χ2v) is 6.85. The first-order valence-electron chi connectivity index (χ1n) is 9.25. The van der Waals surface area contributed by atoms with Crippen LogP contribution < -0.4 is 20.1 Å². The van der Waals surface area contributed by atoms with Crippen molar-refractivity contribution in [1.82, 2.24) is 4.98 Å². The molecular formula is C23H25N3O3. The van der Waals surface area contributed by atoms with Crippen molar-refractivity contribution in [3.05, 3.63) is 71.0 Å². The monoisotopic (exact) mass is 391 g/mol. The van der Waals surface area contributed by atoms with E-state index in [9.17, 15) is 4.79 Å². The van der Waals surface area contributed by atoms with Gasteiger partial charge in [-0.25, -0.2) is 0 Å². The van der Waals surface area contributed by atoms with Gasteiger partial charge in [-0.1, -0.05) is 17.7 Å². The van der Waals surface area contributed by atoms with Crippen LogP contribution >= 0.6 is 0 Å². The van der Waals surface area contributed by atoms with E-state index in [0.717, 1.165) is 33.8 Å². The van der Waals surface area contributed by atoms with Crippen molar-refractivity contribution >= 4 is 23.0 Å². The molecule has 1 heterocycles. The Bertz CT molecular complexity index is 1020. The molecule has 0 spiro atoms. The van der Waals surface area contributed by atoms with Crippen LogP contribution in [-0.4, -0.2) is 25.1 Å². The number of carbonyl (C=O) groups is 1. The van der Waals surface area contributed by atoms with Gasteiger partial charge in [0, 0.05) is 23.6 Å². The average Bonchev–Trinajstić information content (AvgIpc) is 2.71. The third kappa shape index (κ3) is 4.66. The molecule has 3 aromatic rings. The predicted octanol–water partition coefficient (Wildman–Crippen LogP) is 5.02. The minimum absolute atomic E-state index is 0.259. The summed E-state index contributed by atoms with van der Waals surface area (Å²) in [5.41, 5.74) is 5.83. The summed E-state index contributed by atoms with van der Waals surface area (Å²) in [6.07, 6.45) is 1.60. The number of aromatic nitrogens is 1. The Morgan fingerprint density at radius 1 is 0.931 bits per heavy atom. The summed E-state index contributed by atoms with van der Waals surface area (Å²) >= 11 is 0. The highest BCUT2D eigenvalue weighted by Gasteiger charge is 2.13. The van der Waals surface area contributed by atoms with E-state index >= 15 is 0 Å². The van der Waals surface area contributed by atoms with Crippen LogP contribution in [0.15, 0.2) is 48.7 Å². The summed E-state index contributed by atoms with van der Waals surface area (Å²) in [7, 11) is 3.20. The smallest absolute Gasteiger partial charge is 0.274 e. The second-order valence-electron chi connectivity index (χ2n) is 6.85. The maximum Gasteiger partial charge on any atom is 0.274 e. The van der Waals surface area contributed by atoms with Crippen LogP contribution in [0.2, 0.25) is 0 Å². The van der Waals surface area contributed by atoms with Gasteiger partial charge in [0.05, 0.1) is 19.9 Å². The van der Waals surface area contributed by atoms with E-state index in [2.05, 4.69) is 15.6 Å². The lowest BCUT2D eigenvalue weighted by Crippen LogP contribution is -2.15. The van der Waals surface area contributed by atoms with E-state index in [4.69, 9.17) is 9.47 Å².